The monoisotopic (exact) mass is 223 g/mol. The molecule has 0 aliphatic rings. The Morgan fingerprint density at radius 1 is 1.56 bits per heavy atom. The number of aromatic nitrogens is 1. The summed E-state index contributed by atoms with van der Waals surface area (Å²) in [6, 6.07) is 1.54. The third-order valence-corrected chi connectivity index (χ3v) is 1.99. The number of ether oxygens (including phenoxy) is 1. The highest BCUT2D eigenvalue weighted by Gasteiger charge is 2.13. The molecule has 0 aromatic carbocycles. The maximum atomic E-state index is 11.3. The number of nitrogens with zero attached hydrogens (tertiary/aromatic N) is 1. The highest BCUT2D eigenvalue weighted by molar-refractivity contribution is 5.96. The first-order valence-corrected chi connectivity index (χ1v) is 4.60. The van der Waals surface area contributed by atoms with Crippen molar-refractivity contribution in [3.8, 4) is 0 Å². The summed E-state index contributed by atoms with van der Waals surface area (Å²) in [7, 11) is 3.00. The molecular weight excluding hydrogens is 210 g/mol. The lowest BCUT2D eigenvalue weighted by Crippen LogP contribution is -2.21. The average Bonchev–Trinajstić information content (AvgIpc) is 2.28. The fourth-order valence-electron chi connectivity index (χ4n) is 1.27. The Hall–Kier alpha value is -1.95. The molecule has 3 N–H and O–H groups in total. The second-order valence-electron chi connectivity index (χ2n) is 3.11. The quantitative estimate of drug-likeness (QED) is 0.731. The van der Waals surface area contributed by atoms with Crippen LogP contribution in [0.2, 0.25) is 0 Å². The Balaban J connectivity index is 3.16. The Morgan fingerprint density at radius 2 is 2.25 bits per heavy atom. The molecule has 0 saturated heterocycles. The highest BCUT2D eigenvalue weighted by atomic mass is 16.5. The van der Waals surface area contributed by atoms with Crippen LogP contribution in [0, 0.1) is 0 Å². The third-order valence-electron chi connectivity index (χ3n) is 1.99. The number of nitrogens with one attached hydrogen (secondary N) is 1. The van der Waals surface area contributed by atoms with E-state index in [4.69, 9.17) is 10.5 Å². The van der Waals surface area contributed by atoms with Crippen molar-refractivity contribution in [3.05, 3.63) is 29.1 Å². The molecule has 0 aliphatic heterocycles. The smallest absolute Gasteiger partial charge is 0.267 e. The molecular formula is C10H13N3O3. The van der Waals surface area contributed by atoms with Crippen molar-refractivity contribution < 1.29 is 14.3 Å². The van der Waals surface area contributed by atoms with E-state index in [0.717, 1.165) is 0 Å². The van der Waals surface area contributed by atoms with Gasteiger partial charge in [0.2, 0.25) is 0 Å². The van der Waals surface area contributed by atoms with Gasteiger partial charge in [0.25, 0.3) is 11.8 Å². The predicted molar refractivity (Wildman–Crippen MR) is 56.9 cm³/mol. The number of primary amides is 1. The molecule has 1 aromatic rings. The first kappa shape index (κ1) is 12.1. The van der Waals surface area contributed by atoms with Crippen LogP contribution in [-0.4, -0.2) is 31.0 Å². The normalized spacial score (nSPS) is 9.88. The van der Waals surface area contributed by atoms with E-state index in [9.17, 15) is 9.59 Å². The van der Waals surface area contributed by atoms with Crippen molar-refractivity contribution in [1.29, 1.82) is 0 Å². The van der Waals surface area contributed by atoms with Gasteiger partial charge in [-0.1, -0.05) is 0 Å². The second-order valence-corrected chi connectivity index (χ2v) is 3.11. The number of amides is 2. The number of pyridine rings is 1. The standard InChI is InChI=1S/C10H13N3O3/c1-12-10(15)6-3-7(5-16-2)8(9(11)14)13-4-6/h3-4H,5H2,1-2H3,(H2,11,14)(H,12,15). The van der Waals surface area contributed by atoms with Gasteiger partial charge in [-0.2, -0.15) is 0 Å². The first-order valence-electron chi connectivity index (χ1n) is 4.60. The topological polar surface area (TPSA) is 94.3 Å². The van der Waals surface area contributed by atoms with E-state index < -0.39 is 5.91 Å². The van der Waals surface area contributed by atoms with E-state index in [2.05, 4.69) is 10.3 Å². The van der Waals surface area contributed by atoms with Crippen LogP contribution < -0.4 is 11.1 Å². The van der Waals surface area contributed by atoms with Crippen molar-refractivity contribution in [3.63, 3.8) is 0 Å². The van der Waals surface area contributed by atoms with Crippen LogP contribution in [0.15, 0.2) is 12.3 Å². The van der Waals surface area contributed by atoms with Gasteiger partial charge in [-0.05, 0) is 6.07 Å². The van der Waals surface area contributed by atoms with Gasteiger partial charge in [0.05, 0.1) is 12.2 Å². The van der Waals surface area contributed by atoms with Gasteiger partial charge in [0.1, 0.15) is 5.69 Å². The minimum Gasteiger partial charge on any atom is -0.380 e. The number of methoxy groups -OCH3 is 1. The Morgan fingerprint density at radius 3 is 2.75 bits per heavy atom. The van der Waals surface area contributed by atoms with Crippen molar-refractivity contribution in [2.24, 2.45) is 5.73 Å². The number of hydrogen-bond acceptors (Lipinski definition) is 4. The summed E-state index contributed by atoms with van der Waals surface area (Å²) in [5.41, 5.74) is 6.12. The summed E-state index contributed by atoms with van der Waals surface area (Å²) in [6.45, 7) is 0.177. The SMILES string of the molecule is CNC(=O)c1cnc(C(N)=O)c(COC)c1. The van der Waals surface area contributed by atoms with Crippen LogP contribution in [0.5, 0.6) is 0 Å². The molecule has 1 heterocycles. The highest BCUT2D eigenvalue weighted by Crippen LogP contribution is 2.10. The zero-order valence-corrected chi connectivity index (χ0v) is 9.11. The Labute approximate surface area is 92.8 Å². The van der Waals surface area contributed by atoms with Gasteiger partial charge >= 0.3 is 0 Å². The lowest BCUT2D eigenvalue weighted by molar-refractivity contribution is 0.0956. The summed E-state index contributed by atoms with van der Waals surface area (Å²) in [6.07, 6.45) is 1.30. The van der Waals surface area contributed by atoms with Crippen LogP contribution in [0.1, 0.15) is 26.4 Å². The summed E-state index contributed by atoms with van der Waals surface area (Å²) >= 11 is 0. The second kappa shape index (κ2) is 5.22. The molecule has 1 rings (SSSR count). The van der Waals surface area contributed by atoms with E-state index in [-0.39, 0.29) is 18.2 Å². The lowest BCUT2D eigenvalue weighted by Gasteiger charge is -2.07. The van der Waals surface area contributed by atoms with Gasteiger partial charge < -0.3 is 15.8 Å². The predicted octanol–water partition coefficient (Wildman–Crippen LogP) is -0.313. The van der Waals surface area contributed by atoms with Crippen LogP contribution in [0.4, 0.5) is 0 Å². The number of nitrogens with two attached hydrogens (primary N) is 1. The summed E-state index contributed by atoms with van der Waals surface area (Å²) < 4.78 is 4.91. The van der Waals surface area contributed by atoms with E-state index >= 15 is 0 Å². The fourth-order valence-corrected chi connectivity index (χ4v) is 1.27. The molecule has 16 heavy (non-hydrogen) atoms. The first-order chi connectivity index (χ1) is 7.60. The number of hydrogen-bond donors (Lipinski definition) is 2. The molecule has 0 bridgehead atoms. The van der Waals surface area contributed by atoms with Crippen LogP contribution >= 0.6 is 0 Å². The van der Waals surface area contributed by atoms with Crippen molar-refractivity contribution in [2.45, 2.75) is 6.61 Å². The van der Waals surface area contributed by atoms with E-state index in [1.807, 2.05) is 0 Å². The molecule has 2 amide bonds. The van der Waals surface area contributed by atoms with Gasteiger partial charge in [-0.3, -0.25) is 9.59 Å². The number of carbonyl (C=O) groups is 2. The molecule has 0 atom stereocenters. The lowest BCUT2D eigenvalue weighted by atomic mass is 10.1. The van der Waals surface area contributed by atoms with E-state index in [1.165, 1.54) is 26.4 Å². The Kier molecular flexibility index (Phi) is 3.96. The minimum atomic E-state index is -0.643. The third kappa shape index (κ3) is 2.54. The van der Waals surface area contributed by atoms with Crippen molar-refractivity contribution in [2.75, 3.05) is 14.2 Å². The molecule has 0 spiro atoms. The van der Waals surface area contributed by atoms with Crippen molar-refractivity contribution >= 4 is 11.8 Å². The summed E-state index contributed by atoms with van der Waals surface area (Å²) in [5.74, 6) is -0.920. The van der Waals surface area contributed by atoms with Crippen molar-refractivity contribution in [1.82, 2.24) is 10.3 Å². The summed E-state index contributed by atoms with van der Waals surface area (Å²) in [5, 5.41) is 2.46. The minimum absolute atomic E-state index is 0.120. The van der Waals surface area contributed by atoms with Gasteiger partial charge in [0, 0.05) is 25.9 Å². The molecule has 86 valence electrons. The van der Waals surface area contributed by atoms with E-state index in [0.29, 0.717) is 11.1 Å². The zero-order valence-electron chi connectivity index (χ0n) is 9.11. The average molecular weight is 223 g/mol. The van der Waals surface area contributed by atoms with Gasteiger partial charge in [0.15, 0.2) is 0 Å². The molecule has 0 fully saturated rings. The zero-order chi connectivity index (χ0) is 12.1. The van der Waals surface area contributed by atoms with E-state index in [1.54, 1.807) is 0 Å². The fraction of sp³-hybridized carbons (Fsp3) is 0.300. The van der Waals surface area contributed by atoms with Crippen LogP contribution in [0.25, 0.3) is 0 Å². The maximum Gasteiger partial charge on any atom is 0.267 e. The molecule has 1 aromatic heterocycles. The van der Waals surface area contributed by atoms with Gasteiger partial charge in [-0.15, -0.1) is 0 Å². The number of rotatable bonds is 4. The molecule has 0 aliphatic carbocycles. The van der Waals surface area contributed by atoms with Crippen LogP contribution in [0.3, 0.4) is 0 Å². The summed E-state index contributed by atoms with van der Waals surface area (Å²) in [4.78, 5) is 26.2. The molecule has 6 nitrogen and oxygen atoms in total. The Bertz CT molecular complexity index is 418. The molecule has 0 unspecified atom stereocenters. The molecule has 6 heteroatoms. The largest absolute Gasteiger partial charge is 0.380 e. The van der Waals surface area contributed by atoms with Crippen LogP contribution in [-0.2, 0) is 11.3 Å². The molecule has 0 saturated carbocycles. The van der Waals surface area contributed by atoms with Gasteiger partial charge in [-0.25, -0.2) is 4.98 Å². The molecule has 0 radical (unpaired) electrons. The maximum absolute atomic E-state index is 11.3. The number of carbonyl (C=O) groups excluding carboxylic acids is 2.